The van der Waals surface area contributed by atoms with Gasteiger partial charge in [0, 0.05) is 6.08 Å². The molecule has 132 valence electrons. The molecular formula is C19H13Cl2NO3S. The molecule has 7 heteroatoms. The first kappa shape index (κ1) is 18.5. The Morgan fingerprint density at radius 3 is 2.65 bits per heavy atom. The zero-order valence-electron chi connectivity index (χ0n) is 13.6. The van der Waals surface area contributed by atoms with Gasteiger partial charge in [0.25, 0.3) is 5.56 Å². The molecule has 1 N–H and O–H groups in total. The van der Waals surface area contributed by atoms with Gasteiger partial charge in [0.2, 0.25) is 0 Å². The number of aromatic amines is 1. The van der Waals surface area contributed by atoms with Crippen LogP contribution >= 0.6 is 34.5 Å². The lowest BCUT2D eigenvalue weighted by molar-refractivity contribution is 0.105. The van der Waals surface area contributed by atoms with Gasteiger partial charge >= 0.3 is 0 Å². The van der Waals surface area contributed by atoms with Gasteiger partial charge in [-0.1, -0.05) is 41.4 Å². The average molecular weight is 406 g/mol. The molecule has 0 aliphatic heterocycles. The van der Waals surface area contributed by atoms with E-state index in [0.29, 0.717) is 30.6 Å². The molecule has 0 aliphatic rings. The first-order chi connectivity index (χ1) is 12.5. The van der Waals surface area contributed by atoms with Crippen molar-refractivity contribution in [3.63, 3.8) is 0 Å². The van der Waals surface area contributed by atoms with Gasteiger partial charge in [0.1, 0.15) is 5.75 Å². The van der Waals surface area contributed by atoms with E-state index in [1.807, 2.05) is 0 Å². The van der Waals surface area contributed by atoms with E-state index in [1.165, 1.54) is 24.5 Å². The number of ether oxygens (including phenoxy) is 1. The molecule has 26 heavy (non-hydrogen) atoms. The number of rotatable bonds is 4. The Hall–Kier alpha value is -2.34. The monoisotopic (exact) mass is 405 g/mol. The minimum atomic E-state index is -0.278. The lowest BCUT2D eigenvalue weighted by Crippen LogP contribution is -2.20. The smallest absolute Gasteiger partial charge is 0.266 e. The standard InChI is InChI=1S/C19H13Cl2NO3S/c1-25-16-5-3-2-4-12(16)15(23)10-18-22-19(24)17(26-18)9-11-6-7-13(20)14(21)8-11/h2-10H,1H3,(H,22,24)/b17-9+,18-10+. The van der Waals surface area contributed by atoms with Crippen LogP contribution in [0.3, 0.4) is 0 Å². The van der Waals surface area contributed by atoms with E-state index < -0.39 is 0 Å². The Morgan fingerprint density at radius 1 is 1.15 bits per heavy atom. The number of methoxy groups -OCH3 is 1. The maximum absolute atomic E-state index is 12.5. The number of nitrogens with one attached hydrogen (secondary N) is 1. The van der Waals surface area contributed by atoms with Crippen LogP contribution in [0.1, 0.15) is 15.9 Å². The highest BCUT2D eigenvalue weighted by molar-refractivity contribution is 7.07. The molecule has 4 nitrogen and oxygen atoms in total. The quantitative estimate of drug-likeness (QED) is 0.677. The molecule has 0 atom stereocenters. The number of hydrogen-bond donors (Lipinski definition) is 1. The summed E-state index contributed by atoms with van der Waals surface area (Å²) in [5.41, 5.74) is 0.897. The van der Waals surface area contributed by atoms with E-state index >= 15 is 0 Å². The number of halogens is 2. The summed E-state index contributed by atoms with van der Waals surface area (Å²) >= 11 is 13.1. The molecule has 1 heterocycles. The molecule has 0 radical (unpaired) electrons. The predicted molar refractivity (Wildman–Crippen MR) is 106 cm³/mol. The van der Waals surface area contributed by atoms with Crippen LogP contribution in [0.25, 0.3) is 12.2 Å². The fourth-order valence-corrected chi connectivity index (χ4v) is 3.51. The molecule has 0 aliphatic carbocycles. The topological polar surface area (TPSA) is 59.2 Å². The molecule has 0 unspecified atom stereocenters. The summed E-state index contributed by atoms with van der Waals surface area (Å²) in [5.74, 6) is 0.233. The van der Waals surface area contributed by atoms with Crippen molar-refractivity contribution in [2.24, 2.45) is 0 Å². The van der Waals surface area contributed by atoms with Gasteiger partial charge in [-0.05, 0) is 35.9 Å². The van der Waals surface area contributed by atoms with Crippen molar-refractivity contribution in [2.45, 2.75) is 0 Å². The number of ketones is 1. The van der Waals surface area contributed by atoms with E-state index in [9.17, 15) is 9.59 Å². The molecule has 0 saturated heterocycles. The van der Waals surface area contributed by atoms with Gasteiger partial charge in [0.05, 0.1) is 31.9 Å². The maximum Gasteiger partial charge on any atom is 0.266 e. The molecule has 0 bridgehead atoms. The summed E-state index contributed by atoms with van der Waals surface area (Å²) in [7, 11) is 1.50. The van der Waals surface area contributed by atoms with Gasteiger partial charge in [-0.2, -0.15) is 0 Å². The first-order valence-corrected chi connectivity index (χ1v) is 9.10. The number of benzene rings is 2. The third-order valence-electron chi connectivity index (χ3n) is 3.56. The molecule has 3 rings (SSSR count). The Morgan fingerprint density at radius 2 is 1.92 bits per heavy atom. The van der Waals surface area contributed by atoms with E-state index in [-0.39, 0.29) is 11.3 Å². The van der Waals surface area contributed by atoms with Crippen molar-refractivity contribution in [1.29, 1.82) is 0 Å². The van der Waals surface area contributed by atoms with Crippen molar-refractivity contribution in [2.75, 3.05) is 7.11 Å². The largest absolute Gasteiger partial charge is 0.496 e. The first-order valence-electron chi connectivity index (χ1n) is 7.53. The Kier molecular flexibility index (Phi) is 5.61. The number of aromatic nitrogens is 1. The third kappa shape index (κ3) is 4.07. The molecule has 0 fully saturated rings. The normalized spacial score (nSPS) is 12.4. The van der Waals surface area contributed by atoms with Crippen molar-refractivity contribution < 1.29 is 9.53 Å². The lowest BCUT2D eigenvalue weighted by atomic mass is 10.1. The second kappa shape index (κ2) is 7.91. The number of para-hydroxylation sites is 1. The van der Waals surface area contributed by atoms with Gasteiger partial charge in [0.15, 0.2) is 5.78 Å². The molecule has 0 saturated carbocycles. The fraction of sp³-hybridized carbons (Fsp3) is 0.0526. The van der Waals surface area contributed by atoms with Crippen LogP contribution < -0.4 is 19.5 Å². The number of hydrogen-bond acceptors (Lipinski definition) is 4. The summed E-state index contributed by atoms with van der Waals surface area (Å²) in [4.78, 5) is 27.3. The Balaban J connectivity index is 2.01. The second-order valence-corrected chi connectivity index (χ2v) is 7.21. The fourth-order valence-electron chi connectivity index (χ4n) is 2.32. The van der Waals surface area contributed by atoms with Crippen LogP contribution in [0, 0.1) is 0 Å². The predicted octanol–water partition coefficient (Wildman–Crippen LogP) is 3.24. The minimum absolute atomic E-state index is 0.249. The van der Waals surface area contributed by atoms with Crippen molar-refractivity contribution in [3.8, 4) is 5.75 Å². The molecule has 0 spiro atoms. The SMILES string of the molecule is COc1ccccc1C(=O)/C=c1\[nH]c(=O)/c(=C\c2ccc(Cl)c(Cl)c2)s1. The van der Waals surface area contributed by atoms with E-state index in [4.69, 9.17) is 27.9 Å². The Labute approximate surface area is 163 Å². The lowest BCUT2D eigenvalue weighted by Gasteiger charge is -2.03. The van der Waals surface area contributed by atoms with Crippen LogP contribution in [0.2, 0.25) is 10.0 Å². The average Bonchev–Trinajstić information content (AvgIpc) is 2.97. The van der Waals surface area contributed by atoms with Crippen molar-refractivity contribution in [3.05, 3.63) is 83.2 Å². The van der Waals surface area contributed by atoms with E-state index in [2.05, 4.69) is 4.98 Å². The highest BCUT2D eigenvalue weighted by Crippen LogP contribution is 2.22. The highest BCUT2D eigenvalue weighted by atomic mass is 35.5. The van der Waals surface area contributed by atoms with Gasteiger partial charge < -0.3 is 9.72 Å². The number of thiazole rings is 1. The summed E-state index contributed by atoms with van der Waals surface area (Å²) < 4.78 is 6.11. The van der Waals surface area contributed by atoms with Crippen LogP contribution in [0.15, 0.2) is 47.3 Å². The van der Waals surface area contributed by atoms with Crippen LogP contribution in [0.5, 0.6) is 5.75 Å². The van der Waals surface area contributed by atoms with Gasteiger partial charge in [-0.25, -0.2) is 0 Å². The zero-order valence-corrected chi connectivity index (χ0v) is 15.9. The van der Waals surface area contributed by atoms with Crippen LogP contribution in [-0.2, 0) is 0 Å². The van der Waals surface area contributed by atoms with Crippen LogP contribution in [0.4, 0.5) is 0 Å². The zero-order chi connectivity index (χ0) is 18.7. The summed E-state index contributed by atoms with van der Waals surface area (Å²) in [6.07, 6.45) is 3.08. The maximum atomic E-state index is 12.5. The van der Waals surface area contributed by atoms with E-state index in [1.54, 1.807) is 48.5 Å². The third-order valence-corrected chi connectivity index (χ3v) is 5.26. The number of carbonyl (C=O) groups excluding carboxylic acids is 1. The molecular weight excluding hydrogens is 393 g/mol. The number of Topliss-reactive ketones (excluding diaryl/α,β-unsaturated/α-hetero) is 1. The van der Waals surface area contributed by atoms with Gasteiger partial charge in [-0.15, -0.1) is 11.3 Å². The van der Waals surface area contributed by atoms with Crippen molar-refractivity contribution in [1.82, 2.24) is 4.98 Å². The number of carbonyl (C=O) groups is 1. The summed E-state index contributed by atoms with van der Waals surface area (Å²) in [5, 5.41) is 0.854. The van der Waals surface area contributed by atoms with E-state index in [0.717, 1.165) is 5.56 Å². The van der Waals surface area contributed by atoms with Crippen molar-refractivity contribution >= 4 is 52.5 Å². The Bertz CT molecular complexity index is 1150. The van der Waals surface area contributed by atoms with Gasteiger partial charge in [-0.3, -0.25) is 9.59 Å². The number of H-pyrrole nitrogens is 1. The minimum Gasteiger partial charge on any atom is -0.496 e. The second-order valence-electron chi connectivity index (χ2n) is 5.31. The van der Waals surface area contributed by atoms with Crippen LogP contribution in [-0.4, -0.2) is 17.9 Å². The summed E-state index contributed by atoms with van der Waals surface area (Å²) in [6, 6.07) is 12.0. The molecule has 2 aromatic carbocycles. The molecule has 0 amide bonds. The molecule has 3 aromatic rings. The summed E-state index contributed by atoms with van der Waals surface area (Å²) in [6.45, 7) is 0. The highest BCUT2D eigenvalue weighted by Gasteiger charge is 2.09. The molecule has 1 aromatic heterocycles.